The van der Waals surface area contributed by atoms with Crippen LogP contribution < -0.4 is 5.32 Å². The summed E-state index contributed by atoms with van der Waals surface area (Å²) in [4.78, 5) is 12.5. The lowest BCUT2D eigenvalue weighted by molar-refractivity contribution is -0.131. The van der Waals surface area contributed by atoms with Crippen molar-refractivity contribution in [2.75, 3.05) is 6.61 Å². The van der Waals surface area contributed by atoms with Crippen molar-refractivity contribution < 1.29 is 20.1 Å². The number of allylic oxidation sites excluding steroid dienone is 1. The Labute approximate surface area is 338 Å². The van der Waals surface area contributed by atoms with Crippen LogP contribution in [0.1, 0.15) is 271 Å². The van der Waals surface area contributed by atoms with Crippen molar-refractivity contribution >= 4 is 5.91 Å². The third kappa shape index (κ3) is 39.3. The number of unbranched alkanes of at least 4 members (excludes halogenated alkanes) is 37. The van der Waals surface area contributed by atoms with Crippen LogP contribution in [0.25, 0.3) is 0 Å². The van der Waals surface area contributed by atoms with Gasteiger partial charge in [-0.15, -0.1) is 0 Å². The van der Waals surface area contributed by atoms with Gasteiger partial charge in [-0.2, -0.15) is 0 Å². The molecule has 0 rings (SSSR count). The molecule has 0 saturated heterocycles. The van der Waals surface area contributed by atoms with Gasteiger partial charge in [0, 0.05) is 0 Å². The second-order valence-corrected chi connectivity index (χ2v) is 17.0. The van der Waals surface area contributed by atoms with Crippen LogP contribution in [-0.4, -0.2) is 46.1 Å². The van der Waals surface area contributed by atoms with Gasteiger partial charge in [0.2, 0.25) is 5.91 Å². The number of aliphatic hydroxyl groups excluding tert-OH is 3. The van der Waals surface area contributed by atoms with Crippen molar-refractivity contribution in [1.29, 1.82) is 0 Å². The number of hydrogen-bond acceptors (Lipinski definition) is 4. The molecule has 0 aromatic heterocycles. The molecule has 0 aliphatic carbocycles. The van der Waals surface area contributed by atoms with Crippen molar-refractivity contribution in [2.24, 2.45) is 0 Å². The third-order valence-electron chi connectivity index (χ3n) is 11.6. The molecule has 322 valence electrons. The van der Waals surface area contributed by atoms with Crippen LogP contribution in [0.2, 0.25) is 0 Å². The lowest BCUT2D eigenvalue weighted by Gasteiger charge is -2.21. The molecule has 5 nitrogen and oxygen atoms in total. The van der Waals surface area contributed by atoms with Crippen LogP contribution in [0.4, 0.5) is 0 Å². The molecule has 1 amide bonds. The molecular formula is C49H97NO4. The van der Waals surface area contributed by atoms with E-state index in [9.17, 15) is 20.1 Å². The van der Waals surface area contributed by atoms with Crippen LogP contribution in [0.5, 0.6) is 0 Å². The number of nitrogens with one attached hydrogen (secondary N) is 1. The highest BCUT2D eigenvalue weighted by molar-refractivity contribution is 5.80. The van der Waals surface area contributed by atoms with Gasteiger partial charge in [-0.3, -0.25) is 4.79 Å². The first-order valence-corrected chi connectivity index (χ1v) is 24.5. The SMILES string of the molecule is CCCCCCCCCCCCC/C=C/C(O)C(CO)NC(=O)C(O)CCCCCCCCCCCCCCCCCCCCCCCCCCCCC. The van der Waals surface area contributed by atoms with Crippen molar-refractivity contribution in [1.82, 2.24) is 5.32 Å². The summed E-state index contributed by atoms with van der Waals surface area (Å²) in [6, 6.07) is -0.792. The van der Waals surface area contributed by atoms with Crippen LogP contribution in [0.15, 0.2) is 12.2 Å². The number of carbonyl (C=O) groups is 1. The van der Waals surface area contributed by atoms with Gasteiger partial charge < -0.3 is 20.6 Å². The van der Waals surface area contributed by atoms with E-state index in [1.807, 2.05) is 6.08 Å². The molecule has 4 N–H and O–H groups in total. The molecule has 0 spiro atoms. The summed E-state index contributed by atoms with van der Waals surface area (Å²) in [5.74, 6) is -0.498. The molecular weight excluding hydrogens is 667 g/mol. The van der Waals surface area contributed by atoms with Crippen LogP contribution in [0, 0.1) is 0 Å². The molecule has 0 aromatic rings. The Bertz CT molecular complexity index is 758. The minimum Gasteiger partial charge on any atom is -0.394 e. The molecule has 0 bridgehead atoms. The summed E-state index contributed by atoms with van der Waals surface area (Å²) in [7, 11) is 0. The first-order valence-electron chi connectivity index (χ1n) is 24.5. The summed E-state index contributed by atoms with van der Waals surface area (Å²) in [5, 5.41) is 33.2. The van der Waals surface area contributed by atoms with Gasteiger partial charge in [0.15, 0.2) is 0 Å². The Hall–Kier alpha value is -0.910. The quantitative estimate of drug-likeness (QED) is 0.0367. The zero-order valence-corrected chi connectivity index (χ0v) is 36.6. The minimum atomic E-state index is -1.09. The first kappa shape index (κ1) is 53.1. The maximum Gasteiger partial charge on any atom is 0.249 e. The summed E-state index contributed by atoms with van der Waals surface area (Å²) in [6.07, 6.45) is 54.1. The molecule has 54 heavy (non-hydrogen) atoms. The second-order valence-electron chi connectivity index (χ2n) is 17.0. The van der Waals surface area contributed by atoms with Crippen LogP contribution >= 0.6 is 0 Å². The number of amides is 1. The van der Waals surface area contributed by atoms with E-state index in [1.54, 1.807) is 6.08 Å². The number of carbonyl (C=O) groups excluding carboxylic acids is 1. The van der Waals surface area contributed by atoms with E-state index in [0.29, 0.717) is 6.42 Å². The fraction of sp³-hybridized carbons (Fsp3) is 0.939. The Morgan fingerprint density at radius 1 is 0.444 bits per heavy atom. The van der Waals surface area contributed by atoms with Gasteiger partial charge in [-0.05, 0) is 19.3 Å². The zero-order chi connectivity index (χ0) is 39.4. The topological polar surface area (TPSA) is 89.8 Å². The van der Waals surface area contributed by atoms with E-state index in [0.717, 1.165) is 32.1 Å². The van der Waals surface area contributed by atoms with Crippen LogP contribution in [-0.2, 0) is 4.79 Å². The van der Waals surface area contributed by atoms with Gasteiger partial charge in [0.05, 0.1) is 18.8 Å². The van der Waals surface area contributed by atoms with E-state index < -0.39 is 24.2 Å². The molecule has 3 atom stereocenters. The molecule has 0 radical (unpaired) electrons. The second kappa shape index (κ2) is 44.8. The predicted octanol–water partition coefficient (Wildman–Crippen LogP) is 14.4. The maximum atomic E-state index is 12.5. The lowest BCUT2D eigenvalue weighted by atomic mass is 10.0. The smallest absolute Gasteiger partial charge is 0.249 e. The van der Waals surface area contributed by atoms with Crippen molar-refractivity contribution in [3.05, 3.63) is 12.2 Å². The Balaban J connectivity index is 3.52. The first-order chi connectivity index (χ1) is 26.6. The average molecular weight is 764 g/mol. The van der Waals surface area contributed by atoms with Gasteiger partial charge in [-0.25, -0.2) is 0 Å². The molecule has 3 unspecified atom stereocenters. The largest absolute Gasteiger partial charge is 0.394 e. The fourth-order valence-corrected chi connectivity index (χ4v) is 7.78. The Morgan fingerprint density at radius 3 is 1.02 bits per heavy atom. The lowest BCUT2D eigenvalue weighted by Crippen LogP contribution is -2.48. The molecule has 0 aliphatic heterocycles. The van der Waals surface area contributed by atoms with Crippen LogP contribution in [0.3, 0.4) is 0 Å². The average Bonchev–Trinajstić information content (AvgIpc) is 3.18. The van der Waals surface area contributed by atoms with Gasteiger partial charge in [0.25, 0.3) is 0 Å². The van der Waals surface area contributed by atoms with E-state index in [4.69, 9.17) is 0 Å². The normalized spacial score (nSPS) is 13.5. The molecule has 0 aromatic carbocycles. The standard InChI is InChI=1S/C49H97NO4/c1-3-5-7-9-11-13-15-17-18-19-20-21-22-23-24-25-26-27-28-29-30-32-34-36-38-40-42-44-48(53)49(54)50-46(45-51)47(52)43-41-39-37-35-33-31-16-14-12-10-8-6-4-2/h41,43,46-48,51-53H,3-40,42,44-45H2,1-2H3,(H,50,54)/b43-41+. The Kier molecular flexibility index (Phi) is 44.0. The van der Waals surface area contributed by atoms with Gasteiger partial charge >= 0.3 is 0 Å². The third-order valence-corrected chi connectivity index (χ3v) is 11.6. The monoisotopic (exact) mass is 764 g/mol. The summed E-state index contributed by atoms with van der Waals surface area (Å²) < 4.78 is 0. The minimum absolute atomic E-state index is 0.359. The van der Waals surface area contributed by atoms with E-state index in [2.05, 4.69) is 19.2 Å². The molecule has 5 heteroatoms. The van der Waals surface area contributed by atoms with Crippen molar-refractivity contribution in [3.8, 4) is 0 Å². The Morgan fingerprint density at radius 2 is 0.722 bits per heavy atom. The van der Waals surface area contributed by atoms with Gasteiger partial charge in [0.1, 0.15) is 6.10 Å². The molecule has 0 heterocycles. The summed E-state index contributed by atoms with van der Waals surface area (Å²) in [6.45, 7) is 4.20. The molecule has 0 saturated carbocycles. The van der Waals surface area contributed by atoms with Gasteiger partial charge in [-0.1, -0.05) is 264 Å². The van der Waals surface area contributed by atoms with Crippen molar-refractivity contribution in [3.63, 3.8) is 0 Å². The highest BCUT2D eigenvalue weighted by atomic mass is 16.3. The predicted molar refractivity (Wildman–Crippen MR) is 236 cm³/mol. The fourth-order valence-electron chi connectivity index (χ4n) is 7.78. The molecule has 0 aliphatic rings. The number of aliphatic hydroxyl groups is 3. The number of rotatable bonds is 45. The summed E-state index contributed by atoms with van der Waals surface area (Å²) in [5.41, 5.74) is 0. The summed E-state index contributed by atoms with van der Waals surface area (Å²) >= 11 is 0. The number of hydrogen-bond donors (Lipinski definition) is 4. The van der Waals surface area contributed by atoms with Crippen molar-refractivity contribution in [2.45, 2.75) is 289 Å². The zero-order valence-electron chi connectivity index (χ0n) is 36.6. The van der Waals surface area contributed by atoms with E-state index in [1.165, 1.54) is 218 Å². The highest BCUT2D eigenvalue weighted by Gasteiger charge is 2.22. The molecule has 0 fully saturated rings. The van der Waals surface area contributed by atoms with E-state index in [-0.39, 0.29) is 6.61 Å². The highest BCUT2D eigenvalue weighted by Crippen LogP contribution is 2.17. The maximum absolute atomic E-state index is 12.5. The van der Waals surface area contributed by atoms with E-state index >= 15 is 0 Å².